The van der Waals surface area contributed by atoms with Crippen molar-refractivity contribution in [3.63, 3.8) is 0 Å². The molecule has 1 aliphatic carbocycles. The van der Waals surface area contributed by atoms with Gasteiger partial charge in [0.25, 0.3) is 5.91 Å². The van der Waals surface area contributed by atoms with Gasteiger partial charge in [-0.25, -0.2) is 0 Å². The summed E-state index contributed by atoms with van der Waals surface area (Å²) in [6.45, 7) is 15.1. The highest BCUT2D eigenvalue weighted by atomic mass is 16.5. The van der Waals surface area contributed by atoms with Crippen molar-refractivity contribution in [3.05, 3.63) is 59.2 Å². The summed E-state index contributed by atoms with van der Waals surface area (Å²) in [6.07, 6.45) is -0.119. The van der Waals surface area contributed by atoms with E-state index < -0.39 is 0 Å². The first kappa shape index (κ1) is 23.7. The summed E-state index contributed by atoms with van der Waals surface area (Å²) in [7, 11) is 0. The van der Waals surface area contributed by atoms with Gasteiger partial charge in [0.15, 0.2) is 0 Å². The molecule has 1 N–H and O–H groups in total. The summed E-state index contributed by atoms with van der Waals surface area (Å²) in [5.74, 6) is 1.55. The molecule has 0 bridgehead atoms. The van der Waals surface area contributed by atoms with Crippen LogP contribution in [0.1, 0.15) is 75.9 Å². The van der Waals surface area contributed by atoms with Gasteiger partial charge in [-0.15, -0.1) is 0 Å². The van der Waals surface area contributed by atoms with Crippen molar-refractivity contribution in [1.82, 2.24) is 5.32 Å². The van der Waals surface area contributed by atoms with Gasteiger partial charge in [-0.1, -0.05) is 53.7 Å². The van der Waals surface area contributed by atoms with Gasteiger partial charge in [0, 0.05) is 28.5 Å². The van der Waals surface area contributed by atoms with Gasteiger partial charge in [0.05, 0.1) is 12.2 Å². The molecule has 0 spiro atoms. The van der Waals surface area contributed by atoms with Crippen molar-refractivity contribution in [2.45, 2.75) is 66.5 Å². The quantitative estimate of drug-likeness (QED) is 0.607. The molecule has 1 fully saturated rings. The second kappa shape index (κ2) is 8.86. The molecule has 32 heavy (non-hydrogen) atoms. The van der Waals surface area contributed by atoms with Gasteiger partial charge in [-0.3, -0.25) is 4.79 Å². The van der Waals surface area contributed by atoms with Crippen LogP contribution in [-0.2, 0) is 0 Å². The highest BCUT2D eigenvalue weighted by molar-refractivity contribution is 5.94. The van der Waals surface area contributed by atoms with Crippen molar-refractivity contribution >= 4 is 5.91 Å². The summed E-state index contributed by atoms with van der Waals surface area (Å²) in [6, 6.07) is 15.2. The van der Waals surface area contributed by atoms with Gasteiger partial charge in [-0.2, -0.15) is 5.26 Å². The molecule has 3 rings (SSSR count). The Morgan fingerprint density at radius 2 is 1.72 bits per heavy atom. The summed E-state index contributed by atoms with van der Waals surface area (Å²) >= 11 is 0. The molecule has 0 heterocycles. The highest BCUT2D eigenvalue weighted by Crippen LogP contribution is 2.55. The molecule has 5 heteroatoms. The van der Waals surface area contributed by atoms with Crippen LogP contribution in [0.3, 0.4) is 0 Å². The highest BCUT2D eigenvalue weighted by Gasteiger charge is 2.64. The van der Waals surface area contributed by atoms with Gasteiger partial charge in [0.1, 0.15) is 23.7 Å². The Hall–Kier alpha value is -3.00. The number of nitrogens with one attached hydrogen (secondary N) is 1. The maximum Gasteiger partial charge on any atom is 0.251 e. The average molecular weight is 435 g/mol. The minimum atomic E-state index is -0.281. The zero-order valence-corrected chi connectivity index (χ0v) is 20.2. The van der Waals surface area contributed by atoms with Crippen LogP contribution in [0.15, 0.2) is 42.5 Å². The minimum absolute atomic E-state index is 0.0537. The first-order valence-corrected chi connectivity index (χ1v) is 11.3. The minimum Gasteiger partial charge on any atom is -0.492 e. The Morgan fingerprint density at radius 3 is 2.25 bits per heavy atom. The Kier molecular flexibility index (Phi) is 6.55. The molecule has 0 atom stereocenters. The van der Waals surface area contributed by atoms with E-state index in [0.29, 0.717) is 35.2 Å². The van der Waals surface area contributed by atoms with E-state index >= 15 is 0 Å². The number of nitrogens with zero attached hydrogens (tertiary/aromatic N) is 1. The summed E-state index contributed by atoms with van der Waals surface area (Å²) in [5.41, 5.74) is 1.81. The standard InChI is InChI=1S/C27H34N2O3/c1-8-31-22-15-21(14-13-20(22)16-28)32-25-26(4,5)24(27(25,6)7)29-23(30)19-11-9-18(10-12-19)17(2)3/h9-15,17,24-25H,8H2,1-7H3,(H,29,30). The summed E-state index contributed by atoms with van der Waals surface area (Å²) < 4.78 is 12.0. The van der Waals surface area contributed by atoms with Gasteiger partial charge in [-0.05, 0) is 42.7 Å². The number of carbonyl (C=O) groups excluding carboxylic acids is 1. The van der Waals surface area contributed by atoms with E-state index in [1.807, 2.05) is 31.2 Å². The number of rotatable bonds is 7. The van der Waals surface area contributed by atoms with E-state index in [1.54, 1.807) is 18.2 Å². The Morgan fingerprint density at radius 1 is 1.09 bits per heavy atom. The Labute approximate surface area is 191 Å². The van der Waals surface area contributed by atoms with Crippen LogP contribution in [0.25, 0.3) is 0 Å². The van der Waals surface area contributed by atoms with E-state index in [4.69, 9.17) is 9.47 Å². The summed E-state index contributed by atoms with van der Waals surface area (Å²) in [4.78, 5) is 13.0. The number of benzene rings is 2. The average Bonchev–Trinajstić information content (AvgIpc) is 2.75. The van der Waals surface area contributed by atoms with Crippen LogP contribution >= 0.6 is 0 Å². The smallest absolute Gasteiger partial charge is 0.251 e. The van der Waals surface area contributed by atoms with E-state index in [9.17, 15) is 10.1 Å². The molecule has 0 radical (unpaired) electrons. The molecule has 2 aromatic rings. The first-order chi connectivity index (χ1) is 15.0. The lowest BCUT2D eigenvalue weighted by molar-refractivity contribution is -0.164. The van der Waals surface area contributed by atoms with Crippen LogP contribution < -0.4 is 14.8 Å². The molecule has 170 valence electrons. The first-order valence-electron chi connectivity index (χ1n) is 11.3. The molecule has 1 amide bonds. The fraction of sp³-hybridized carbons (Fsp3) is 0.481. The number of nitriles is 1. The fourth-order valence-corrected chi connectivity index (χ4v) is 5.11. The van der Waals surface area contributed by atoms with Crippen LogP contribution in [-0.4, -0.2) is 24.7 Å². The predicted molar refractivity (Wildman–Crippen MR) is 126 cm³/mol. The SMILES string of the molecule is CCOc1cc(OC2C(C)(C)C(NC(=O)c3ccc(C(C)C)cc3)C2(C)C)ccc1C#N. The molecular weight excluding hydrogens is 400 g/mol. The molecule has 1 aliphatic rings. The monoisotopic (exact) mass is 434 g/mol. The van der Waals surface area contributed by atoms with E-state index in [-0.39, 0.29) is 28.9 Å². The van der Waals surface area contributed by atoms with Crippen molar-refractivity contribution in [1.29, 1.82) is 5.26 Å². The third-order valence-corrected chi connectivity index (χ3v) is 6.58. The molecule has 0 aromatic heterocycles. The van der Waals surface area contributed by atoms with Crippen molar-refractivity contribution in [3.8, 4) is 17.6 Å². The number of hydrogen-bond donors (Lipinski definition) is 1. The van der Waals surface area contributed by atoms with Crippen LogP contribution in [0.5, 0.6) is 11.5 Å². The largest absolute Gasteiger partial charge is 0.492 e. The molecule has 2 aromatic carbocycles. The van der Waals surface area contributed by atoms with E-state index in [0.717, 1.165) is 0 Å². The van der Waals surface area contributed by atoms with Crippen LogP contribution in [0, 0.1) is 22.2 Å². The lowest BCUT2D eigenvalue weighted by Crippen LogP contribution is -2.74. The lowest BCUT2D eigenvalue weighted by atomic mass is 9.49. The molecule has 0 aliphatic heterocycles. The van der Waals surface area contributed by atoms with Crippen LogP contribution in [0.2, 0.25) is 0 Å². The van der Waals surface area contributed by atoms with Crippen LogP contribution in [0.4, 0.5) is 0 Å². The normalized spacial score (nSPS) is 20.7. The van der Waals surface area contributed by atoms with Gasteiger partial charge < -0.3 is 14.8 Å². The Bertz CT molecular complexity index is 1000. The molecule has 0 unspecified atom stereocenters. The second-order valence-electron chi connectivity index (χ2n) is 10.0. The maximum absolute atomic E-state index is 13.0. The third-order valence-electron chi connectivity index (χ3n) is 6.58. The van der Waals surface area contributed by atoms with E-state index in [1.165, 1.54) is 5.56 Å². The van der Waals surface area contributed by atoms with Crippen molar-refractivity contribution in [2.75, 3.05) is 6.61 Å². The number of carbonyl (C=O) groups is 1. The molecule has 1 saturated carbocycles. The van der Waals surface area contributed by atoms with Crippen molar-refractivity contribution in [2.24, 2.45) is 10.8 Å². The summed E-state index contributed by atoms with van der Waals surface area (Å²) in [5, 5.41) is 12.5. The van der Waals surface area contributed by atoms with Gasteiger partial charge >= 0.3 is 0 Å². The van der Waals surface area contributed by atoms with Crippen molar-refractivity contribution < 1.29 is 14.3 Å². The number of amides is 1. The number of ether oxygens (including phenoxy) is 2. The molecule has 0 saturated heterocycles. The lowest BCUT2D eigenvalue weighted by Gasteiger charge is -2.63. The zero-order chi connectivity index (χ0) is 23.7. The topological polar surface area (TPSA) is 71.3 Å². The molecule has 5 nitrogen and oxygen atoms in total. The predicted octanol–water partition coefficient (Wildman–Crippen LogP) is 5.69. The van der Waals surface area contributed by atoms with E-state index in [2.05, 4.69) is 52.9 Å². The number of hydrogen-bond acceptors (Lipinski definition) is 4. The maximum atomic E-state index is 13.0. The molecular formula is C27H34N2O3. The third kappa shape index (κ3) is 4.32. The second-order valence-corrected chi connectivity index (χ2v) is 10.0. The van der Waals surface area contributed by atoms with Gasteiger partial charge in [0.2, 0.25) is 0 Å². The Balaban J connectivity index is 1.75. The fourth-order valence-electron chi connectivity index (χ4n) is 5.11. The zero-order valence-electron chi connectivity index (χ0n) is 20.2.